The highest BCUT2D eigenvalue weighted by molar-refractivity contribution is 5.76. The molecule has 2 fully saturated rings. The fourth-order valence-electron chi connectivity index (χ4n) is 4.18. The number of rotatable bonds is 5. The number of hydrogen-bond donors (Lipinski definition) is 2. The minimum atomic E-state index is -0.371. The zero-order valence-electron chi connectivity index (χ0n) is 16.0. The van der Waals surface area contributed by atoms with Gasteiger partial charge in [0.2, 0.25) is 11.8 Å². The summed E-state index contributed by atoms with van der Waals surface area (Å²) < 4.78 is 6.48. The van der Waals surface area contributed by atoms with Gasteiger partial charge in [0.05, 0.1) is 17.8 Å². The highest BCUT2D eigenvalue weighted by atomic mass is 16.5. The first-order valence-corrected chi connectivity index (χ1v) is 9.90. The number of piperidine rings is 1. The molecule has 2 aliphatic rings. The lowest BCUT2D eigenvalue weighted by atomic mass is 9.81. The molecule has 2 saturated heterocycles. The van der Waals surface area contributed by atoms with Crippen LogP contribution in [-0.4, -0.2) is 53.2 Å². The van der Waals surface area contributed by atoms with Gasteiger partial charge in [-0.2, -0.15) is 0 Å². The fraction of sp³-hybridized carbons (Fsp3) is 0.619. The molecule has 27 heavy (non-hydrogen) atoms. The first-order chi connectivity index (χ1) is 13.0. The van der Waals surface area contributed by atoms with Gasteiger partial charge in [-0.15, -0.1) is 0 Å². The number of carbonyl (C=O) groups excluding carboxylic acids is 2. The zero-order valence-corrected chi connectivity index (χ0v) is 16.0. The Morgan fingerprint density at radius 3 is 2.63 bits per heavy atom. The zero-order chi connectivity index (χ0) is 19.3. The molecule has 0 aromatic heterocycles. The molecule has 3 rings (SSSR count). The minimum absolute atomic E-state index is 0.0664. The van der Waals surface area contributed by atoms with Gasteiger partial charge in [-0.1, -0.05) is 30.3 Å². The summed E-state index contributed by atoms with van der Waals surface area (Å²) >= 11 is 0. The van der Waals surface area contributed by atoms with E-state index in [-0.39, 0.29) is 29.6 Å². The SMILES string of the molecule is CC(=O)NCCCC(=O)N1CCC2(CC1)C[C@@H](O)C[C@H](c1ccccc1)O2. The van der Waals surface area contributed by atoms with Gasteiger partial charge in [0.1, 0.15) is 0 Å². The third-order valence-corrected chi connectivity index (χ3v) is 5.63. The van der Waals surface area contributed by atoms with Crippen molar-refractivity contribution >= 4 is 11.8 Å². The van der Waals surface area contributed by atoms with E-state index in [9.17, 15) is 14.7 Å². The van der Waals surface area contributed by atoms with E-state index < -0.39 is 0 Å². The van der Waals surface area contributed by atoms with Crippen LogP contribution in [0.2, 0.25) is 0 Å². The molecule has 0 radical (unpaired) electrons. The molecule has 6 nitrogen and oxygen atoms in total. The van der Waals surface area contributed by atoms with Crippen molar-refractivity contribution in [2.24, 2.45) is 0 Å². The van der Waals surface area contributed by atoms with Gasteiger partial charge in [0.25, 0.3) is 0 Å². The second-order valence-electron chi connectivity index (χ2n) is 7.76. The maximum Gasteiger partial charge on any atom is 0.222 e. The van der Waals surface area contributed by atoms with Crippen LogP contribution in [0.25, 0.3) is 0 Å². The Morgan fingerprint density at radius 1 is 1.26 bits per heavy atom. The van der Waals surface area contributed by atoms with Gasteiger partial charge in [-0.3, -0.25) is 9.59 Å². The molecule has 1 spiro atoms. The first kappa shape index (κ1) is 19.8. The van der Waals surface area contributed by atoms with Crippen LogP contribution in [0.15, 0.2) is 30.3 Å². The maximum atomic E-state index is 12.4. The summed E-state index contributed by atoms with van der Waals surface area (Å²) in [6, 6.07) is 10.1. The number of hydrogen-bond acceptors (Lipinski definition) is 4. The number of nitrogens with zero attached hydrogens (tertiary/aromatic N) is 1. The summed E-state index contributed by atoms with van der Waals surface area (Å²) in [6.07, 6.45) is 3.42. The number of ether oxygens (including phenoxy) is 1. The van der Waals surface area contributed by atoms with Crippen LogP contribution in [0.3, 0.4) is 0 Å². The summed E-state index contributed by atoms with van der Waals surface area (Å²) in [5.41, 5.74) is 0.762. The van der Waals surface area contributed by atoms with E-state index in [0.29, 0.717) is 45.3 Å². The maximum absolute atomic E-state index is 12.4. The lowest BCUT2D eigenvalue weighted by Crippen LogP contribution is -2.52. The molecule has 148 valence electrons. The van der Waals surface area contributed by atoms with E-state index in [2.05, 4.69) is 5.32 Å². The van der Waals surface area contributed by atoms with Crippen LogP contribution in [-0.2, 0) is 14.3 Å². The minimum Gasteiger partial charge on any atom is -0.393 e. The number of benzene rings is 1. The third kappa shape index (κ3) is 5.30. The first-order valence-electron chi connectivity index (χ1n) is 9.90. The number of aliphatic hydroxyl groups is 1. The van der Waals surface area contributed by atoms with Gasteiger partial charge in [0.15, 0.2) is 0 Å². The van der Waals surface area contributed by atoms with E-state index in [1.165, 1.54) is 6.92 Å². The molecule has 2 heterocycles. The Bertz CT molecular complexity index is 641. The summed E-state index contributed by atoms with van der Waals surface area (Å²) in [5.74, 6) is 0.0644. The Balaban J connectivity index is 1.52. The van der Waals surface area contributed by atoms with Crippen LogP contribution in [0.1, 0.15) is 57.1 Å². The quantitative estimate of drug-likeness (QED) is 0.775. The molecule has 1 aromatic rings. The predicted octanol–water partition coefficient (Wildman–Crippen LogP) is 2.18. The average molecular weight is 374 g/mol. The third-order valence-electron chi connectivity index (χ3n) is 5.63. The van der Waals surface area contributed by atoms with Crippen LogP contribution >= 0.6 is 0 Å². The number of aliphatic hydroxyl groups excluding tert-OH is 1. The Morgan fingerprint density at radius 2 is 1.96 bits per heavy atom. The summed E-state index contributed by atoms with van der Waals surface area (Å²) in [7, 11) is 0. The molecule has 2 amide bonds. The largest absolute Gasteiger partial charge is 0.393 e. The van der Waals surface area contributed by atoms with E-state index >= 15 is 0 Å². The van der Waals surface area contributed by atoms with Crippen molar-refractivity contribution in [2.45, 2.75) is 63.3 Å². The predicted molar refractivity (Wildman–Crippen MR) is 102 cm³/mol. The van der Waals surface area contributed by atoms with Crippen molar-refractivity contribution in [2.75, 3.05) is 19.6 Å². The van der Waals surface area contributed by atoms with Gasteiger partial charge >= 0.3 is 0 Å². The lowest BCUT2D eigenvalue weighted by Gasteiger charge is -2.48. The summed E-state index contributed by atoms with van der Waals surface area (Å²) in [6.45, 7) is 3.33. The van der Waals surface area contributed by atoms with Gasteiger partial charge in [-0.25, -0.2) is 0 Å². The molecule has 0 saturated carbocycles. The number of likely N-dealkylation sites (tertiary alicyclic amines) is 1. The van der Waals surface area contributed by atoms with Crippen molar-refractivity contribution in [3.05, 3.63) is 35.9 Å². The number of amides is 2. The van der Waals surface area contributed by atoms with Gasteiger partial charge in [0, 0.05) is 45.8 Å². The molecular weight excluding hydrogens is 344 g/mol. The van der Waals surface area contributed by atoms with Gasteiger partial charge in [-0.05, 0) is 24.8 Å². The van der Waals surface area contributed by atoms with Crippen LogP contribution < -0.4 is 5.32 Å². The van der Waals surface area contributed by atoms with Crippen LogP contribution in [0, 0.1) is 0 Å². The molecule has 2 aliphatic heterocycles. The number of nitrogens with one attached hydrogen (secondary N) is 1. The molecule has 0 aliphatic carbocycles. The van der Waals surface area contributed by atoms with E-state index in [0.717, 1.165) is 18.4 Å². The van der Waals surface area contributed by atoms with Crippen molar-refractivity contribution in [1.29, 1.82) is 0 Å². The molecule has 2 N–H and O–H groups in total. The smallest absolute Gasteiger partial charge is 0.222 e. The topological polar surface area (TPSA) is 78.9 Å². The Kier molecular flexibility index (Phi) is 6.50. The summed E-state index contributed by atoms with van der Waals surface area (Å²) in [4.78, 5) is 25.2. The Labute approximate surface area is 160 Å². The lowest BCUT2D eigenvalue weighted by molar-refractivity contribution is -0.185. The molecule has 1 aromatic carbocycles. The normalized spacial score (nSPS) is 24.6. The molecule has 0 unspecified atom stereocenters. The van der Waals surface area contributed by atoms with E-state index in [1.807, 2.05) is 35.2 Å². The molecular formula is C21H30N2O4. The number of carbonyl (C=O) groups is 2. The van der Waals surface area contributed by atoms with Crippen molar-refractivity contribution in [3.63, 3.8) is 0 Å². The monoisotopic (exact) mass is 374 g/mol. The average Bonchev–Trinajstić information content (AvgIpc) is 2.65. The second kappa shape index (κ2) is 8.85. The van der Waals surface area contributed by atoms with Crippen LogP contribution in [0.4, 0.5) is 0 Å². The second-order valence-corrected chi connectivity index (χ2v) is 7.76. The van der Waals surface area contributed by atoms with Crippen molar-refractivity contribution in [3.8, 4) is 0 Å². The standard InChI is InChI=1S/C21H30N2O4/c1-16(24)22-11-5-8-20(26)23-12-9-21(10-13-23)15-18(25)14-19(27-21)17-6-3-2-4-7-17/h2-4,6-7,18-19,25H,5,8-15H2,1H3,(H,22,24)/t18-,19+/m0/s1. The summed E-state index contributed by atoms with van der Waals surface area (Å²) in [5, 5.41) is 13.1. The van der Waals surface area contributed by atoms with E-state index in [1.54, 1.807) is 0 Å². The van der Waals surface area contributed by atoms with Crippen molar-refractivity contribution in [1.82, 2.24) is 10.2 Å². The van der Waals surface area contributed by atoms with E-state index in [4.69, 9.17) is 4.74 Å². The van der Waals surface area contributed by atoms with Crippen LogP contribution in [0.5, 0.6) is 0 Å². The molecule has 6 heteroatoms. The fourth-order valence-corrected chi connectivity index (χ4v) is 4.18. The highest BCUT2D eigenvalue weighted by Crippen LogP contribution is 2.42. The molecule has 2 atom stereocenters. The highest BCUT2D eigenvalue weighted by Gasteiger charge is 2.44. The van der Waals surface area contributed by atoms with Gasteiger partial charge < -0.3 is 20.1 Å². The Hall–Kier alpha value is -1.92. The van der Waals surface area contributed by atoms with Crippen molar-refractivity contribution < 1.29 is 19.4 Å². The molecule has 0 bridgehead atoms.